The molecular weight excluding hydrogens is 284 g/mol. The Hall–Kier alpha value is -0.700. The molecule has 0 spiro atoms. The standard InChI is InChI=1S/C12H24N2O5S/c1-9(12(15)16)5-4-6-13-20(17,18)14-7-10(2)19-11(3)8-14/h9-11,13H,4-8H2,1-3H3,(H,15,16). The van der Waals surface area contributed by atoms with Crippen molar-refractivity contribution in [3.8, 4) is 0 Å². The molecule has 0 radical (unpaired) electrons. The van der Waals surface area contributed by atoms with Crippen LogP contribution in [0, 0.1) is 5.92 Å². The number of carbonyl (C=O) groups is 1. The molecule has 3 unspecified atom stereocenters. The number of hydrogen-bond acceptors (Lipinski definition) is 4. The van der Waals surface area contributed by atoms with E-state index in [2.05, 4.69) is 4.72 Å². The molecule has 1 saturated heterocycles. The highest BCUT2D eigenvalue weighted by atomic mass is 32.2. The molecule has 0 amide bonds. The molecule has 1 aliphatic rings. The first kappa shape index (κ1) is 17.4. The third-order valence-corrected chi connectivity index (χ3v) is 4.79. The van der Waals surface area contributed by atoms with Gasteiger partial charge in [0.05, 0.1) is 18.1 Å². The predicted molar refractivity (Wildman–Crippen MR) is 74.5 cm³/mol. The van der Waals surface area contributed by atoms with E-state index in [-0.39, 0.29) is 18.8 Å². The van der Waals surface area contributed by atoms with Crippen LogP contribution < -0.4 is 4.72 Å². The van der Waals surface area contributed by atoms with Gasteiger partial charge in [0.2, 0.25) is 0 Å². The van der Waals surface area contributed by atoms with Crippen LogP contribution in [0.3, 0.4) is 0 Å². The zero-order chi connectivity index (χ0) is 15.3. The van der Waals surface area contributed by atoms with Gasteiger partial charge in [0.15, 0.2) is 0 Å². The summed E-state index contributed by atoms with van der Waals surface area (Å²) < 4.78 is 33.6. The van der Waals surface area contributed by atoms with Crippen molar-refractivity contribution in [3.05, 3.63) is 0 Å². The van der Waals surface area contributed by atoms with Gasteiger partial charge >= 0.3 is 5.97 Å². The van der Waals surface area contributed by atoms with Crippen LogP contribution in [-0.4, -0.2) is 55.6 Å². The molecular formula is C12H24N2O5S. The van der Waals surface area contributed by atoms with Gasteiger partial charge in [-0.1, -0.05) is 6.92 Å². The second-order valence-corrected chi connectivity index (χ2v) is 7.11. The number of nitrogens with one attached hydrogen (secondary N) is 1. The molecule has 20 heavy (non-hydrogen) atoms. The van der Waals surface area contributed by atoms with E-state index in [1.54, 1.807) is 6.92 Å². The summed E-state index contributed by atoms with van der Waals surface area (Å²) in [6, 6.07) is 0. The van der Waals surface area contributed by atoms with Crippen molar-refractivity contribution < 1.29 is 23.1 Å². The second-order valence-electron chi connectivity index (χ2n) is 5.36. The van der Waals surface area contributed by atoms with Crippen LogP contribution in [0.1, 0.15) is 33.6 Å². The van der Waals surface area contributed by atoms with Gasteiger partial charge < -0.3 is 9.84 Å². The predicted octanol–water partition coefficient (Wildman–Crippen LogP) is 0.431. The Morgan fingerprint density at radius 2 is 1.95 bits per heavy atom. The first-order valence-electron chi connectivity index (χ1n) is 6.85. The Morgan fingerprint density at radius 3 is 2.45 bits per heavy atom. The number of nitrogens with zero attached hydrogens (tertiary/aromatic N) is 1. The number of ether oxygens (including phenoxy) is 1. The van der Waals surface area contributed by atoms with Crippen molar-refractivity contribution in [2.45, 2.75) is 45.8 Å². The van der Waals surface area contributed by atoms with Gasteiger partial charge in [-0.3, -0.25) is 4.79 Å². The lowest BCUT2D eigenvalue weighted by Gasteiger charge is -2.34. The summed E-state index contributed by atoms with van der Waals surface area (Å²) in [5, 5.41) is 8.74. The Balaban J connectivity index is 2.39. The number of rotatable bonds is 7. The van der Waals surface area contributed by atoms with E-state index in [9.17, 15) is 13.2 Å². The first-order chi connectivity index (χ1) is 9.22. The topological polar surface area (TPSA) is 95.9 Å². The lowest BCUT2D eigenvalue weighted by molar-refractivity contribution is -0.141. The van der Waals surface area contributed by atoms with Gasteiger partial charge in [-0.15, -0.1) is 0 Å². The van der Waals surface area contributed by atoms with Crippen LogP contribution in [0.5, 0.6) is 0 Å². The van der Waals surface area contributed by atoms with Gasteiger partial charge in [0.1, 0.15) is 0 Å². The summed E-state index contributed by atoms with van der Waals surface area (Å²) in [6.45, 7) is 6.22. The minimum atomic E-state index is -3.51. The fraction of sp³-hybridized carbons (Fsp3) is 0.917. The molecule has 0 saturated carbocycles. The average Bonchev–Trinajstić information content (AvgIpc) is 2.33. The molecule has 1 aliphatic heterocycles. The van der Waals surface area contributed by atoms with Crippen molar-refractivity contribution in [2.75, 3.05) is 19.6 Å². The number of carboxylic acid groups (broad SMARTS) is 1. The van der Waals surface area contributed by atoms with E-state index in [1.165, 1.54) is 4.31 Å². The van der Waals surface area contributed by atoms with Gasteiger partial charge in [0, 0.05) is 19.6 Å². The van der Waals surface area contributed by atoms with Crippen molar-refractivity contribution in [3.63, 3.8) is 0 Å². The van der Waals surface area contributed by atoms with Crippen molar-refractivity contribution >= 4 is 16.2 Å². The van der Waals surface area contributed by atoms with E-state index in [1.807, 2.05) is 13.8 Å². The Kier molecular flexibility index (Phi) is 6.38. The van der Waals surface area contributed by atoms with Crippen LogP contribution in [0.25, 0.3) is 0 Å². The van der Waals surface area contributed by atoms with Crippen molar-refractivity contribution in [2.24, 2.45) is 5.92 Å². The van der Waals surface area contributed by atoms with Gasteiger partial charge in [0.25, 0.3) is 10.2 Å². The highest BCUT2D eigenvalue weighted by Crippen LogP contribution is 2.13. The Morgan fingerprint density at radius 1 is 1.40 bits per heavy atom. The number of carboxylic acids is 1. The summed E-state index contributed by atoms with van der Waals surface area (Å²) in [4.78, 5) is 10.6. The molecule has 7 nitrogen and oxygen atoms in total. The molecule has 1 fully saturated rings. The van der Waals surface area contributed by atoms with Gasteiger partial charge in [-0.2, -0.15) is 12.7 Å². The summed E-state index contributed by atoms with van der Waals surface area (Å²) in [6.07, 6.45) is 0.709. The van der Waals surface area contributed by atoms with E-state index in [0.717, 1.165) is 0 Å². The highest BCUT2D eigenvalue weighted by Gasteiger charge is 2.30. The summed E-state index contributed by atoms with van der Waals surface area (Å²) in [5.74, 6) is -1.31. The van der Waals surface area contributed by atoms with E-state index in [4.69, 9.17) is 9.84 Å². The largest absolute Gasteiger partial charge is 0.481 e. The molecule has 0 bridgehead atoms. The molecule has 0 aromatic carbocycles. The summed E-state index contributed by atoms with van der Waals surface area (Å²) >= 11 is 0. The normalized spacial score (nSPS) is 26.4. The zero-order valence-corrected chi connectivity index (χ0v) is 13.0. The number of hydrogen-bond donors (Lipinski definition) is 2. The quantitative estimate of drug-likeness (QED) is 0.665. The summed E-state index contributed by atoms with van der Waals surface area (Å²) in [7, 11) is -3.51. The maximum Gasteiger partial charge on any atom is 0.306 e. The molecule has 1 heterocycles. The minimum absolute atomic E-state index is 0.123. The smallest absolute Gasteiger partial charge is 0.306 e. The van der Waals surface area contributed by atoms with Gasteiger partial charge in [-0.25, -0.2) is 4.72 Å². The third kappa shape index (κ3) is 5.35. The Labute approximate surface area is 120 Å². The Bertz CT molecular complexity index is 416. The zero-order valence-electron chi connectivity index (χ0n) is 12.2. The first-order valence-corrected chi connectivity index (χ1v) is 8.29. The second kappa shape index (κ2) is 7.35. The molecule has 0 aromatic heterocycles. The van der Waals surface area contributed by atoms with E-state index >= 15 is 0 Å². The molecule has 3 atom stereocenters. The maximum absolute atomic E-state index is 12.1. The van der Waals surface area contributed by atoms with E-state index < -0.39 is 22.1 Å². The number of aliphatic carboxylic acids is 1. The van der Waals surface area contributed by atoms with Crippen molar-refractivity contribution in [1.82, 2.24) is 9.03 Å². The fourth-order valence-electron chi connectivity index (χ4n) is 2.15. The van der Waals surface area contributed by atoms with Gasteiger partial charge in [-0.05, 0) is 26.7 Å². The van der Waals surface area contributed by atoms with Crippen LogP contribution in [0.2, 0.25) is 0 Å². The molecule has 2 N–H and O–H groups in total. The molecule has 1 rings (SSSR count). The number of morpholine rings is 1. The van der Waals surface area contributed by atoms with Crippen LogP contribution >= 0.6 is 0 Å². The summed E-state index contributed by atoms with van der Waals surface area (Å²) in [5.41, 5.74) is 0. The molecule has 118 valence electrons. The molecule has 8 heteroatoms. The average molecular weight is 308 g/mol. The van der Waals surface area contributed by atoms with Crippen LogP contribution in [-0.2, 0) is 19.7 Å². The lowest BCUT2D eigenvalue weighted by Crippen LogP contribution is -2.52. The molecule has 0 aromatic rings. The SMILES string of the molecule is CC1CN(S(=O)(=O)NCCCC(C)C(=O)O)CC(C)O1. The minimum Gasteiger partial charge on any atom is -0.481 e. The molecule has 0 aliphatic carbocycles. The maximum atomic E-state index is 12.1. The fourth-order valence-corrected chi connectivity index (χ4v) is 3.55. The highest BCUT2D eigenvalue weighted by molar-refractivity contribution is 7.87. The van der Waals surface area contributed by atoms with E-state index in [0.29, 0.717) is 25.9 Å². The van der Waals surface area contributed by atoms with Crippen LogP contribution in [0.4, 0.5) is 0 Å². The van der Waals surface area contributed by atoms with Crippen LogP contribution in [0.15, 0.2) is 0 Å². The lowest BCUT2D eigenvalue weighted by atomic mass is 10.1. The van der Waals surface area contributed by atoms with Crippen molar-refractivity contribution in [1.29, 1.82) is 0 Å². The third-order valence-electron chi connectivity index (χ3n) is 3.25. The monoisotopic (exact) mass is 308 g/mol.